The molecule has 0 heterocycles. The Morgan fingerprint density at radius 1 is 1.04 bits per heavy atom. The zero-order valence-electron chi connectivity index (χ0n) is 15.0. The molecule has 0 aliphatic rings. The standard InChI is InChI=1S/C20H26N2O3/c1-15(2)11-12-25-19-6-4-5-17(13-19)21-14-20(23)22-16-7-9-18(24-3)10-8-16/h4-10,13,15,21H,11-12,14H2,1-3H3,(H,22,23). The molecule has 0 aromatic heterocycles. The molecule has 0 aliphatic carbocycles. The molecule has 2 rings (SSSR count). The third kappa shape index (κ3) is 6.75. The van der Waals surface area contributed by atoms with Crippen molar-refractivity contribution >= 4 is 17.3 Å². The number of hydrogen-bond donors (Lipinski definition) is 2. The molecule has 0 aliphatic heterocycles. The quantitative estimate of drug-likeness (QED) is 0.718. The van der Waals surface area contributed by atoms with Gasteiger partial charge in [-0.1, -0.05) is 19.9 Å². The molecule has 2 aromatic rings. The lowest BCUT2D eigenvalue weighted by molar-refractivity contribution is -0.114. The molecule has 0 atom stereocenters. The number of nitrogens with one attached hydrogen (secondary N) is 2. The molecule has 2 aromatic carbocycles. The summed E-state index contributed by atoms with van der Waals surface area (Å²) in [6, 6.07) is 14.9. The Morgan fingerprint density at radius 2 is 1.80 bits per heavy atom. The fourth-order valence-electron chi connectivity index (χ4n) is 2.17. The minimum Gasteiger partial charge on any atom is -0.497 e. The van der Waals surface area contributed by atoms with Gasteiger partial charge in [-0.15, -0.1) is 0 Å². The van der Waals surface area contributed by atoms with E-state index in [0.717, 1.165) is 29.3 Å². The minimum atomic E-state index is -0.115. The lowest BCUT2D eigenvalue weighted by atomic mass is 10.1. The predicted octanol–water partition coefficient (Wildman–Crippen LogP) is 4.17. The van der Waals surface area contributed by atoms with E-state index in [1.54, 1.807) is 31.4 Å². The van der Waals surface area contributed by atoms with Crippen molar-refractivity contribution in [3.8, 4) is 11.5 Å². The molecule has 0 saturated carbocycles. The highest BCUT2D eigenvalue weighted by atomic mass is 16.5. The van der Waals surface area contributed by atoms with Gasteiger partial charge in [0, 0.05) is 17.4 Å². The van der Waals surface area contributed by atoms with Crippen LogP contribution in [0.2, 0.25) is 0 Å². The van der Waals surface area contributed by atoms with Crippen LogP contribution in [-0.2, 0) is 4.79 Å². The average Bonchev–Trinajstić information content (AvgIpc) is 2.61. The van der Waals surface area contributed by atoms with Crippen LogP contribution in [-0.4, -0.2) is 26.2 Å². The molecule has 25 heavy (non-hydrogen) atoms. The minimum absolute atomic E-state index is 0.115. The van der Waals surface area contributed by atoms with Gasteiger partial charge in [0.25, 0.3) is 0 Å². The van der Waals surface area contributed by atoms with Gasteiger partial charge in [0.1, 0.15) is 11.5 Å². The number of carbonyl (C=O) groups is 1. The van der Waals surface area contributed by atoms with Crippen LogP contribution in [0, 0.1) is 5.92 Å². The van der Waals surface area contributed by atoms with Crippen LogP contribution in [0.3, 0.4) is 0 Å². The van der Waals surface area contributed by atoms with Crippen LogP contribution >= 0.6 is 0 Å². The van der Waals surface area contributed by atoms with Gasteiger partial charge in [0.05, 0.1) is 20.3 Å². The van der Waals surface area contributed by atoms with Crippen molar-refractivity contribution in [3.63, 3.8) is 0 Å². The molecule has 5 nitrogen and oxygen atoms in total. The Labute approximate surface area is 149 Å². The van der Waals surface area contributed by atoms with Gasteiger partial charge >= 0.3 is 0 Å². The summed E-state index contributed by atoms with van der Waals surface area (Å²) in [5.41, 5.74) is 1.59. The first-order chi connectivity index (χ1) is 12.1. The Hall–Kier alpha value is -2.69. The molecular formula is C20H26N2O3. The smallest absolute Gasteiger partial charge is 0.243 e. The highest BCUT2D eigenvalue weighted by molar-refractivity contribution is 5.93. The maximum absolute atomic E-state index is 12.0. The van der Waals surface area contributed by atoms with Crippen molar-refractivity contribution in [1.82, 2.24) is 0 Å². The van der Waals surface area contributed by atoms with Gasteiger partial charge in [-0.3, -0.25) is 4.79 Å². The highest BCUT2D eigenvalue weighted by Gasteiger charge is 2.04. The van der Waals surface area contributed by atoms with E-state index < -0.39 is 0 Å². The molecule has 2 N–H and O–H groups in total. The van der Waals surface area contributed by atoms with E-state index in [1.807, 2.05) is 24.3 Å². The molecule has 0 saturated heterocycles. The first-order valence-electron chi connectivity index (χ1n) is 8.47. The SMILES string of the molecule is COc1ccc(NC(=O)CNc2cccc(OCCC(C)C)c2)cc1. The van der Waals surface area contributed by atoms with Crippen molar-refractivity contribution in [2.45, 2.75) is 20.3 Å². The number of rotatable bonds is 9. The number of hydrogen-bond acceptors (Lipinski definition) is 4. The van der Waals surface area contributed by atoms with Crippen molar-refractivity contribution in [2.75, 3.05) is 30.9 Å². The molecule has 5 heteroatoms. The molecule has 0 radical (unpaired) electrons. The lowest BCUT2D eigenvalue weighted by Gasteiger charge is -2.11. The van der Waals surface area contributed by atoms with E-state index in [9.17, 15) is 4.79 Å². The van der Waals surface area contributed by atoms with Crippen LogP contribution in [0.4, 0.5) is 11.4 Å². The first kappa shape index (κ1) is 18.6. The highest BCUT2D eigenvalue weighted by Crippen LogP contribution is 2.18. The number of ether oxygens (including phenoxy) is 2. The van der Waals surface area contributed by atoms with Crippen LogP contribution in [0.25, 0.3) is 0 Å². The molecule has 0 fully saturated rings. The van der Waals surface area contributed by atoms with Gasteiger partial charge in [-0.25, -0.2) is 0 Å². The van der Waals surface area contributed by atoms with Crippen LogP contribution in [0.5, 0.6) is 11.5 Å². The Morgan fingerprint density at radius 3 is 2.48 bits per heavy atom. The number of benzene rings is 2. The summed E-state index contributed by atoms with van der Waals surface area (Å²) in [5.74, 6) is 2.06. The largest absolute Gasteiger partial charge is 0.497 e. The van der Waals surface area contributed by atoms with Crippen molar-refractivity contribution < 1.29 is 14.3 Å². The predicted molar refractivity (Wildman–Crippen MR) is 102 cm³/mol. The zero-order chi connectivity index (χ0) is 18.1. The van der Waals surface area contributed by atoms with Gasteiger partial charge in [0.15, 0.2) is 0 Å². The summed E-state index contributed by atoms with van der Waals surface area (Å²) in [6.07, 6.45) is 1.02. The first-order valence-corrected chi connectivity index (χ1v) is 8.47. The fraction of sp³-hybridized carbons (Fsp3) is 0.350. The molecule has 0 unspecified atom stereocenters. The third-order valence-corrected chi connectivity index (χ3v) is 3.62. The number of methoxy groups -OCH3 is 1. The Balaban J connectivity index is 1.80. The molecule has 0 spiro atoms. The van der Waals surface area contributed by atoms with Gasteiger partial charge < -0.3 is 20.1 Å². The second-order valence-electron chi connectivity index (χ2n) is 6.19. The zero-order valence-corrected chi connectivity index (χ0v) is 15.0. The molecular weight excluding hydrogens is 316 g/mol. The summed E-state index contributed by atoms with van der Waals surface area (Å²) < 4.78 is 10.8. The van der Waals surface area contributed by atoms with Crippen LogP contribution in [0.15, 0.2) is 48.5 Å². The van der Waals surface area contributed by atoms with E-state index in [1.165, 1.54) is 0 Å². The molecule has 1 amide bonds. The Kier molecular flexibility index (Phi) is 7.14. The van der Waals surface area contributed by atoms with Crippen molar-refractivity contribution in [2.24, 2.45) is 5.92 Å². The topological polar surface area (TPSA) is 59.6 Å². The van der Waals surface area contributed by atoms with Crippen molar-refractivity contribution in [3.05, 3.63) is 48.5 Å². The summed E-state index contributed by atoms with van der Waals surface area (Å²) in [7, 11) is 1.61. The summed E-state index contributed by atoms with van der Waals surface area (Å²) in [5, 5.41) is 5.95. The van der Waals surface area contributed by atoms with E-state index >= 15 is 0 Å². The second kappa shape index (κ2) is 9.57. The van der Waals surface area contributed by atoms with Crippen LogP contribution in [0.1, 0.15) is 20.3 Å². The maximum Gasteiger partial charge on any atom is 0.243 e. The van der Waals surface area contributed by atoms with E-state index in [-0.39, 0.29) is 12.5 Å². The van der Waals surface area contributed by atoms with Gasteiger partial charge in [-0.05, 0) is 48.7 Å². The third-order valence-electron chi connectivity index (χ3n) is 3.62. The summed E-state index contributed by atoms with van der Waals surface area (Å²) in [6.45, 7) is 5.21. The summed E-state index contributed by atoms with van der Waals surface area (Å²) in [4.78, 5) is 12.0. The van der Waals surface area contributed by atoms with Crippen molar-refractivity contribution in [1.29, 1.82) is 0 Å². The van der Waals surface area contributed by atoms with E-state index in [0.29, 0.717) is 12.5 Å². The van der Waals surface area contributed by atoms with Gasteiger partial charge in [-0.2, -0.15) is 0 Å². The van der Waals surface area contributed by atoms with Gasteiger partial charge in [0.2, 0.25) is 5.91 Å². The van der Waals surface area contributed by atoms with E-state index in [2.05, 4.69) is 24.5 Å². The average molecular weight is 342 g/mol. The monoisotopic (exact) mass is 342 g/mol. The lowest BCUT2D eigenvalue weighted by Crippen LogP contribution is -2.21. The summed E-state index contributed by atoms with van der Waals surface area (Å²) >= 11 is 0. The normalized spacial score (nSPS) is 10.4. The number of amides is 1. The fourth-order valence-corrected chi connectivity index (χ4v) is 2.17. The van der Waals surface area contributed by atoms with E-state index in [4.69, 9.17) is 9.47 Å². The maximum atomic E-state index is 12.0. The number of anilines is 2. The molecule has 134 valence electrons. The number of carbonyl (C=O) groups excluding carboxylic acids is 1. The second-order valence-corrected chi connectivity index (χ2v) is 6.19. The Bertz CT molecular complexity index is 669. The van der Waals surface area contributed by atoms with Crippen LogP contribution < -0.4 is 20.1 Å². The molecule has 0 bridgehead atoms.